The average Bonchev–Trinajstić information content (AvgIpc) is 3.14. The molecule has 1 aliphatic carbocycles. The van der Waals surface area contributed by atoms with Gasteiger partial charge in [-0.1, -0.05) is 12.1 Å². The first-order chi connectivity index (χ1) is 15.0. The minimum absolute atomic E-state index is 0.118. The number of hydrogen-bond donors (Lipinski definition) is 1. The Balaban J connectivity index is 1.95. The fraction of sp³-hybridized carbons (Fsp3) is 0.348. The lowest BCUT2D eigenvalue weighted by molar-refractivity contribution is -0.112. The van der Waals surface area contributed by atoms with Gasteiger partial charge in [-0.3, -0.25) is 4.79 Å². The topological polar surface area (TPSA) is 97.7 Å². The Morgan fingerprint density at radius 2 is 2.00 bits per heavy atom. The summed E-state index contributed by atoms with van der Waals surface area (Å²) < 4.78 is 15.9. The smallest absolute Gasteiger partial charge is 0.341 e. The number of carbonyl (C=O) groups is 2. The molecule has 1 aromatic carbocycles. The number of ether oxygens (including phenoxy) is 3. The van der Waals surface area contributed by atoms with E-state index >= 15 is 0 Å². The third-order valence-electron chi connectivity index (χ3n) is 4.98. The number of methoxy groups -OCH3 is 2. The van der Waals surface area contributed by atoms with Crippen molar-refractivity contribution in [1.82, 2.24) is 0 Å². The fourth-order valence-electron chi connectivity index (χ4n) is 3.57. The van der Waals surface area contributed by atoms with Crippen LogP contribution in [0, 0.1) is 11.3 Å². The van der Waals surface area contributed by atoms with Crippen molar-refractivity contribution in [3.8, 4) is 17.6 Å². The zero-order valence-electron chi connectivity index (χ0n) is 17.7. The van der Waals surface area contributed by atoms with Crippen LogP contribution in [-0.4, -0.2) is 32.7 Å². The van der Waals surface area contributed by atoms with Gasteiger partial charge in [-0.15, -0.1) is 11.3 Å². The van der Waals surface area contributed by atoms with Crippen molar-refractivity contribution in [2.75, 3.05) is 26.1 Å². The summed E-state index contributed by atoms with van der Waals surface area (Å²) in [6.07, 6.45) is 5.11. The van der Waals surface area contributed by atoms with Crippen LogP contribution in [0.1, 0.15) is 46.1 Å². The van der Waals surface area contributed by atoms with Crippen LogP contribution >= 0.6 is 11.3 Å². The largest absolute Gasteiger partial charge is 0.493 e. The molecule has 0 bridgehead atoms. The van der Waals surface area contributed by atoms with E-state index in [2.05, 4.69) is 5.32 Å². The molecule has 0 fully saturated rings. The third-order valence-corrected chi connectivity index (χ3v) is 6.18. The van der Waals surface area contributed by atoms with Crippen molar-refractivity contribution in [2.24, 2.45) is 0 Å². The van der Waals surface area contributed by atoms with Crippen molar-refractivity contribution in [3.05, 3.63) is 45.3 Å². The second kappa shape index (κ2) is 10.1. The first-order valence-corrected chi connectivity index (χ1v) is 10.8. The number of nitrogens with one attached hydrogen (secondary N) is 1. The molecule has 0 atom stereocenters. The van der Waals surface area contributed by atoms with Gasteiger partial charge >= 0.3 is 5.97 Å². The summed E-state index contributed by atoms with van der Waals surface area (Å²) >= 11 is 1.38. The number of nitriles is 1. The number of thiophene rings is 1. The lowest BCUT2D eigenvalue weighted by Crippen LogP contribution is -2.16. The molecule has 0 saturated heterocycles. The summed E-state index contributed by atoms with van der Waals surface area (Å²) in [5.41, 5.74) is 1.77. The molecular formula is C23H24N2O5S. The van der Waals surface area contributed by atoms with E-state index in [4.69, 9.17) is 14.2 Å². The standard InChI is InChI=1S/C23H24N2O5S/c1-4-30-23(27)19-16-9-5-6-11-18(16)31-22(19)25-21(26)15(13-24)12-14-8-7-10-17(28-2)20(14)29-3/h7-8,10,12H,4-6,9,11H2,1-3H3,(H,25,26)/b15-12+. The number of amides is 1. The number of anilines is 1. The van der Waals surface area contributed by atoms with E-state index in [0.29, 0.717) is 27.6 Å². The molecule has 8 heteroatoms. The highest BCUT2D eigenvalue weighted by molar-refractivity contribution is 7.17. The molecule has 3 rings (SSSR count). The Bertz CT molecular complexity index is 1060. The van der Waals surface area contributed by atoms with Crippen LogP contribution in [0.5, 0.6) is 11.5 Å². The summed E-state index contributed by atoms with van der Waals surface area (Å²) in [4.78, 5) is 26.6. The number of rotatable bonds is 7. The molecule has 2 aromatic rings. The van der Waals surface area contributed by atoms with Crippen LogP contribution in [0.15, 0.2) is 23.8 Å². The fourth-order valence-corrected chi connectivity index (χ4v) is 4.85. The Kier molecular flexibility index (Phi) is 7.32. The van der Waals surface area contributed by atoms with Gasteiger partial charge < -0.3 is 19.5 Å². The van der Waals surface area contributed by atoms with E-state index in [9.17, 15) is 14.9 Å². The molecule has 0 radical (unpaired) electrons. The first-order valence-electron chi connectivity index (χ1n) is 9.99. The molecule has 0 saturated carbocycles. The number of aryl methyl sites for hydroxylation is 1. The Morgan fingerprint density at radius 1 is 1.23 bits per heavy atom. The number of benzene rings is 1. The number of hydrogen-bond acceptors (Lipinski definition) is 7. The molecule has 0 aliphatic heterocycles. The van der Waals surface area contributed by atoms with Crippen molar-refractivity contribution in [3.63, 3.8) is 0 Å². The maximum absolute atomic E-state index is 12.9. The van der Waals surface area contributed by atoms with Crippen LogP contribution in [-0.2, 0) is 22.4 Å². The van der Waals surface area contributed by atoms with E-state index in [1.165, 1.54) is 31.6 Å². The van der Waals surface area contributed by atoms with Gasteiger partial charge in [0.2, 0.25) is 0 Å². The van der Waals surface area contributed by atoms with Gasteiger partial charge in [-0.2, -0.15) is 5.26 Å². The predicted molar refractivity (Wildman–Crippen MR) is 119 cm³/mol. The van der Waals surface area contributed by atoms with Gasteiger partial charge in [0.25, 0.3) is 5.91 Å². The molecule has 1 N–H and O–H groups in total. The van der Waals surface area contributed by atoms with Crippen LogP contribution < -0.4 is 14.8 Å². The quantitative estimate of drug-likeness (QED) is 0.390. The molecule has 7 nitrogen and oxygen atoms in total. The normalized spacial score (nSPS) is 13.0. The number of nitrogens with zero attached hydrogens (tertiary/aromatic N) is 1. The van der Waals surface area contributed by atoms with Crippen molar-refractivity contribution >= 4 is 34.3 Å². The molecule has 0 spiro atoms. The van der Waals surface area contributed by atoms with Crippen molar-refractivity contribution in [2.45, 2.75) is 32.6 Å². The number of para-hydroxylation sites is 1. The molecule has 0 unspecified atom stereocenters. The van der Waals surface area contributed by atoms with Crippen molar-refractivity contribution < 1.29 is 23.8 Å². The van der Waals surface area contributed by atoms with Gasteiger partial charge in [0.05, 0.1) is 26.4 Å². The summed E-state index contributed by atoms with van der Waals surface area (Å²) in [6.45, 7) is 1.99. The number of carbonyl (C=O) groups excluding carboxylic acids is 2. The number of fused-ring (bicyclic) bond motifs is 1. The summed E-state index contributed by atoms with van der Waals surface area (Å²) in [7, 11) is 3.00. The average molecular weight is 441 g/mol. The van der Waals surface area contributed by atoms with Crippen LogP contribution in [0.25, 0.3) is 6.08 Å². The highest BCUT2D eigenvalue weighted by Gasteiger charge is 2.28. The minimum atomic E-state index is -0.600. The molecule has 1 aromatic heterocycles. The highest BCUT2D eigenvalue weighted by Crippen LogP contribution is 2.39. The number of esters is 1. The van der Waals surface area contributed by atoms with Gasteiger partial charge in [0.1, 0.15) is 16.6 Å². The van der Waals surface area contributed by atoms with Crippen molar-refractivity contribution in [1.29, 1.82) is 5.26 Å². The summed E-state index contributed by atoms with van der Waals surface area (Å²) in [5, 5.41) is 12.8. The van der Waals surface area contributed by atoms with Crippen LogP contribution in [0.2, 0.25) is 0 Å². The highest BCUT2D eigenvalue weighted by atomic mass is 32.1. The molecule has 162 valence electrons. The molecule has 31 heavy (non-hydrogen) atoms. The van der Waals surface area contributed by atoms with Gasteiger partial charge in [0.15, 0.2) is 11.5 Å². The van der Waals surface area contributed by atoms with E-state index in [0.717, 1.165) is 36.1 Å². The molecule has 1 heterocycles. The lowest BCUT2D eigenvalue weighted by Gasteiger charge is -2.12. The van der Waals surface area contributed by atoms with Crippen LogP contribution in [0.4, 0.5) is 5.00 Å². The summed E-state index contributed by atoms with van der Waals surface area (Å²) in [5.74, 6) is -0.139. The molecular weight excluding hydrogens is 416 g/mol. The van der Waals surface area contributed by atoms with E-state index in [1.807, 2.05) is 6.07 Å². The van der Waals surface area contributed by atoms with Gasteiger partial charge in [-0.25, -0.2) is 4.79 Å². The Hall–Kier alpha value is -3.31. The second-order valence-electron chi connectivity index (χ2n) is 6.84. The third kappa shape index (κ3) is 4.72. The molecule has 1 aliphatic rings. The van der Waals surface area contributed by atoms with E-state index in [1.54, 1.807) is 25.1 Å². The zero-order chi connectivity index (χ0) is 22.4. The Labute approximate surface area is 185 Å². The first kappa shape index (κ1) is 22.4. The molecule has 1 amide bonds. The SMILES string of the molecule is CCOC(=O)c1c(NC(=O)/C(C#N)=C/c2cccc(OC)c2OC)sc2c1CCCC2. The zero-order valence-corrected chi connectivity index (χ0v) is 18.6. The monoisotopic (exact) mass is 440 g/mol. The van der Waals surface area contributed by atoms with Gasteiger partial charge in [-0.05, 0) is 50.3 Å². The lowest BCUT2D eigenvalue weighted by atomic mass is 9.95. The van der Waals surface area contributed by atoms with E-state index < -0.39 is 11.9 Å². The summed E-state index contributed by atoms with van der Waals surface area (Å²) in [6, 6.07) is 7.13. The van der Waals surface area contributed by atoms with E-state index in [-0.39, 0.29) is 12.2 Å². The second-order valence-corrected chi connectivity index (χ2v) is 7.95. The van der Waals surface area contributed by atoms with Crippen LogP contribution in [0.3, 0.4) is 0 Å². The predicted octanol–water partition coefficient (Wildman–Crippen LogP) is 4.37. The van der Waals surface area contributed by atoms with Gasteiger partial charge in [0, 0.05) is 10.4 Å². The maximum Gasteiger partial charge on any atom is 0.341 e. The maximum atomic E-state index is 12.9. The Morgan fingerprint density at radius 3 is 2.68 bits per heavy atom. The minimum Gasteiger partial charge on any atom is -0.493 e.